The maximum absolute atomic E-state index is 13.0. The van der Waals surface area contributed by atoms with E-state index in [0.29, 0.717) is 23.9 Å². The highest BCUT2D eigenvalue weighted by atomic mass is 16.5. The minimum Gasteiger partial charge on any atom is -0.493 e. The fourth-order valence-corrected chi connectivity index (χ4v) is 3.85. The van der Waals surface area contributed by atoms with Crippen molar-refractivity contribution in [2.75, 3.05) is 12.5 Å². The summed E-state index contributed by atoms with van der Waals surface area (Å²) in [6.07, 6.45) is 3.57. The van der Waals surface area contributed by atoms with Crippen LogP contribution in [-0.4, -0.2) is 57.8 Å². The van der Waals surface area contributed by atoms with Crippen LogP contribution in [0.5, 0.6) is 11.8 Å². The van der Waals surface area contributed by atoms with E-state index in [-0.39, 0.29) is 11.8 Å². The van der Waals surface area contributed by atoms with E-state index >= 15 is 0 Å². The molecule has 1 saturated carbocycles. The van der Waals surface area contributed by atoms with Gasteiger partial charge in [-0.1, -0.05) is 33.1 Å². The molecule has 1 aromatic rings. The molecule has 178 valence electrons. The van der Waals surface area contributed by atoms with Crippen molar-refractivity contribution in [1.82, 2.24) is 15.3 Å². The zero-order chi connectivity index (χ0) is 23.8. The number of amides is 3. The molecule has 0 spiro atoms. The van der Waals surface area contributed by atoms with E-state index in [1.165, 1.54) is 7.11 Å². The number of aromatic nitrogens is 1. The number of carbonyl (C=O) groups excluding carboxylic acids is 4. The van der Waals surface area contributed by atoms with E-state index in [9.17, 15) is 29.4 Å². The molecule has 11 nitrogen and oxygen atoms in total. The van der Waals surface area contributed by atoms with Crippen molar-refractivity contribution in [1.29, 1.82) is 0 Å². The van der Waals surface area contributed by atoms with Gasteiger partial charge in [0, 0.05) is 12.1 Å². The highest BCUT2D eigenvalue weighted by Gasteiger charge is 2.37. The first kappa shape index (κ1) is 25.0. The summed E-state index contributed by atoms with van der Waals surface area (Å²) in [5.41, 5.74) is 2.14. The first-order valence-corrected chi connectivity index (χ1v) is 10.7. The zero-order valence-electron chi connectivity index (χ0n) is 18.6. The van der Waals surface area contributed by atoms with Crippen molar-refractivity contribution in [2.45, 2.75) is 64.5 Å². The van der Waals surface area contributed by atoms with Crippen LogP contribution in [0.1, 0.15) is 52.4 Å². The lowest BCUT2D eigenvalue weighted by Gasteiger charge is -2.31. The molecular formula is C21H32N4O7. The molecule has 1 unspecified atom stereocenters. The summed E-state index contributed by atoms with van der Waals surface area (Å²) in [5, 5.41) is 24.6. The number of methoxy groups -OCH3 is 1. The minimum absolute atomic E-state index is 0.0646. The number of hydrogen-bond acceptors (Lipinski definition) is 7. The number of rotatable bonds is 9. The van der Waals surface area contributed by atoms with Gasteiger partial charge in [0.05, 0.1) is 7.11 Å². The molecule has 32 heavy (non-hydrogen) atoms. The molecule has 0 radical (unpaired) electrons. The maximum Gasteiger partial charge on any atom is 0.407 e. The van der Waals surface area contributed by atoms with Crippen molar-refractivity contribution in [3.8, 4) is 11.8 Å². The number of alkyl carbamates (subject to hydrolysis) is 1. The van der Waals surface area contributed by atoms with Crippen molar-refractivity contribution >= 4 is 23.7 Å². The molecule has 2 rings (SSSR count). The van der Waals surface area contributed by atoms with Gasteiger partial charge in [-0.2, -0.15) is 4.68 Å². The topological polar surface area (TPSA) is 159 Å². The van der Waals surface area contributed by atoms with Crippen molar-refractivity contribution < 1.29 is 34.1 Å². The van der Waals surface area contributed by atoms with Crippen LogP contribution < -0.4 is 16.1 Å². The van der Waals surface area contributed by atoms with Gasteiger partial charge in [-0.25, -0.2) is 4.79 Å². The average molecular weight is 453 g/mol. The van der Waals surface area contributed by atoms with Gasteiger partial charge in [0.1, 0.15) is 12.1 Å². The van der Waals surface area contributed by atoms with Crippen LogP contribution in [0, 0.1) is 11.8 Å². The van der Waals surface area contributed by atoms with Crippen LogP contribution in [0.15, 0.2) is 12.1 Å². The van der Waals surface area contributed by atoms with Gasteiger partial charge in [0.25, 0.3) is 0 Å². The molecule has 0 aromatic carbocycles. The van der Waals surface area contributed by atoms with Crippen LogP contribution in [0.3, 0.4) is 0 Å². The lowest BCUT2D eigenvalue weighted by atomic mass is 9.82. The molecule has 1 aliphatic rings. The van der Waals surface area contributed by atoms with Gasteiger partial charge in [-0.15, -0.1) is 0 Å². The van der Waals surface area contributed by atoms with Crippen molar-refractivity contribution in [2.24, 2.45) is 11.8 Å². The summed E-state index contributed by atoms with van der Waals surface area (Å²) >= 11 is 0. The predicted octanol–water partition coefficient (Wildman–Crippen LogP) is 1.37. The first-order chi connectivity index (χ1) is 15.1. The number of nitrogens with one attached hydrogen (secondary N) is 3. The number of Topliss-reactive ketones (excluding diaryl/α,β-unsaturated/α-hetero) is 1. The Morgan fingerprint density at radius 1 is 1.06 bits per heavy atom. The second-order valence-electron chi connectivity index (χ2n) is 8.39. The summed E-state index contributed by atoms with van der Waals surface area (Å²) < 4.78 is 5.26. The quantitative estimate of drug-likeness (QED) is 0.354. The highest BCUT2D eigenvalue weighted by Crippen LogP contribution is 2.27. The van der Waals surface area contributed by atoms with Gasteiger partial charge < -0.3 is 25.6 Å². The van der Waals surface area contributed by atoms with E-state index < -0.39 is 47.5 Å². The molecule has 0 saturated heterocycles. The third kappa shape index (κ3) is 6.63. The van der Waals surface area contributed by atoms with Crippen molar-refractivity contribution in [3.63, 3.8) is 0 Å². The van der Waals surface area contributed by atoms with Gasteiger partial charge in [0.15, 0.2) is 0 Å². The van der Waals surface area contributed by atoms with E-state index in [4.69, 9.17) is 0 Å². The lowest BCUT2D eigenvalue weighted by molar-refractivity contribution is -0.139. The second-order valence-corrected chi connectivity index (χ2v) is 8.39. The SMILES string of the molecule is COC(=O)N[C@@H](CC(C)C)C(=O)NC(C(=O)C(=O)Nn1c(O)ccc1O)C1CCCCC1. The van der Waals surface area contributed by atoms with Gasteiger partial charge in [-0.3, -0.25) is 19.8 Å². The fourth-order valence-electron chi connectivity index (χ4n) is 3.85. The third-order valence-electron chi connectivity index (χ3n) is 5.48. The molecule has 3 amide bonds. The van der Waals surface area contributed by atoms with Gasteiger partial charge >= 0.3 is 12.0 Å². The first-order valence-electron chi connectivity index (χ1n) is 10.7. The number of ether oxygens (including phenoxy) is 1. The Kier molecular flexibility index (Phi) is 8.91. The molecule has 1 heterocycles. The van der Waals surface area contributed by atoms with Crippen LogP contribution >= 0.6 is 0 Å². The minimum atomic E-state index is -1.11. The molecule has 1 aromatic heterocycles. The molecular weight excluding hydrogens is 420 g/mol. The molecule has 0 aliphatic heterocycles. The number of ketones is 1. The number of nitrogens with zero attached hydrogens (tertiary/aromatic N) is 1. The molecule has 2 atom stereocenters. The van der Waals surface area contributed by atoms with Crippen LogP contribution in [0.25, 0.3) is 0 Å². The smallest absolute Gasteiger partial charge is 0.407 e. The Morgan fingerprint density at radius 3 is 2.19 bits per heavy atom. The summed E-state index contributed by atoms with van der Waals surface area (Å²) in [6.45, 7) is 3.76. The van der Waals surface area contributed by atoms with Gasteiger partial charge in [-0.05, 0) is 31.1 Å². The number of carbonyl (C=O) groups is 4. The maximum atomic E-state index is 13.0. The molecule has 11 heteroatoms. The fraction of sp³-hybridized carbons (Fsp3) is 0.619. The van der Waals surface area contributed by atoms with Gasteiger partial charge in [0.2, 0.25) is 23.5 Å². The third-order valence-corrected chi connectivity index (χ3v) is 5.48. The van der Waals surface area contributed by atoms with E-state index in [2.05, 4.69) is 20.8 Å². The van der Waals surface area contributed by atoms with E-state index in [0.717, 1.165) is 31.4 Å². The Hall–Kier alpha value is -3.24. The average Bonchev–Trinajstić information content (AvgIpc) is 3.08. The summed E-state index contributed by atoms with van der Waals surface area (Å²) in [6, 6.07) is 0.240. The van der Waals surface area contributed by atoms with Crippen LogP contribution in [0.2, 0.25) is 0 Å². The number of hydrogen-bond donors (Lipinski definition) is 5. The normalized spacial score (nSPS) is 16.1. The lowest BCUT2D eigenvalue weighted by Crippen LogP contribution is -2.56. The zero-order valence-corrected chi connectivity index (χ0v) is 18.6. The summed E-state index contributed by atoms with van der Waals surface area (Å²) in [4.78, 5) is 50.3. The summed E-state index contributed by atoms with van der Waals surface area (Å²) in [5.74, 6) is -3.69. The van der Waals surface area contributed by atoms with Crippen LogP contribution in [0.4, 0.5) is 4.79 Å². The second kappa shape index (κ2) is 11.4. The monoisotopic (exact) mass is 452 g/mol. The molecule has 1 fully saturated rings. The standard InChI is InChI=1S/C21H32N4O7/c1-12(2)11-14(22-21(31)32-3)19(29)23-17(13-7-5-4-6-8-13)18(28)20(30)24-25-15(26)9-10-16(25)27/h9-10,12-14,17,26-27H,4-8,11H2,1-3H3,(H,22,31)(H,23,29)(H,24,30)/t14-,17?/m0/s1. The Balaban J connectivity index is 2.21. The largest absolute Gasteiger partial charge is 0.493 e. The van der Waals surface area contributed by atoms with E-state index in [1.807, 2.05) is 13.8 Å². The molecule has 1 aliphatic carbocycles. The van der Waals surface area contributed by atoms with Crippen molar-refractivity contribution in [3.05, 3.63) is 12.1 Å². The van der Waals surface area contributed by atoms with E-state index in [1.54, 1.807) is 0 Å². The Morgan fingerprint density at radius 2 is 1.66 bits per heavy atom. The molecule has 0 bridgehead atoms. The number of aromatic hydroxyl groups is 2. The highest BCUT2D eigenvalue weighted by molar-refractivity contribution is 6.41. The Bertz CT molecular complexity index is 811. The summed E-state index contributed by atoms with van der Waals surface area (Å²) in [7, 11) is 1.18. The van der Waals surface area contributed by atoms with Crippen LogP contribution in [-0.2, 0) is 19.1 Å². The Labute approximate surface area is 186 Å². The predicted molar refractivity (Wildman–Crippen MR) is 114 cm³/mol. The molecule has 5 N–H and O–H groups in total.